The summed E-state index contributed by atoms with van der Waals surface area (Å²) in [4.78, 5) is 18.0. The monoisotopic (exact) mass is 327 g/mol. The van der Waals surface area contributed by atoms with Gasteiger partial charge in [0.05, 0.1) is 29.7 Å². The van der Waals surface area contributed by atoms with Gasteiger partial charge < -0.3 is 14.5 Å². The topological polar surface area (TPSA) is 54.4 Å². The lowest BCUT2D eigenvalue weighted by atomic mass is 10.3. The molecule has 1 aromatic carbocycles. The first kappa shape index (κ1) is 14.2. The average Bonchev–Trinajstić information content (AvgIpc) is 3.06. The zero-order valence-electron chi connectivity index (χ0n) is 12.8. The number of methoxy groups -OCH3 is 1. The number of piperazine rings is 1. The summed E-state index contributed by atoms with van der Waals surface area (Å²) in [5.41, 5.74) is 1.08. The van der Waals surface area contributed by atoms with Gasteiger partial charge in [0.15, 0.2) is 10.9 Å². The molecule has 118 valence electrons. The van der Waals surface area contributed by atoms with Crippen LogP contribution in [0.1, 0.15) is 0 Å². The standard InChI is InChI=1S/C16H17N5OS/c1-22-15-11-17-10-14(19-15)20-6-8-21(9-7-20)16-18-12-4-2-3-5-13(12)23-16/h2-5,10-11H,6-9H2,1H3. The molecular formula is C16H17N5OS. The Kier molecular flexibility index (Phi) is 3.70. The third-order valence-electron chi connectivity index (χ3n) is 3.97. The number of para-hydroxylation sites is 1. The first-order valence-corrected chi connectivity index (χ1v) is 8.36. The highest BCUT2D eigenvalue weighted by Crippen LogP contribution is 2.29. The molecule has 0 saturated carbocycles. The second-order valence-corrected chi connectivity index (χ2v) is 6.37. The molecule has 0 unspecified atom stereocenters. The van der Waals surface area contributed by atoms with Crippen LogP contribution in [-0.4, -0.2) is 48.2 Å². The molecule has 2 aromatic heterocycles. The molecule has 1 fully saturated rings. The van der Waals surface area contributed by atoms with Crippen molar-refractivity contribution in [1.29, 1.82) is 0 Å². The summed E-state index contributed by atoms with van der Waals surface area (Å²) in [6.45, 7) is 3.66. The highest BCUT2D eigenvalue weighted by atomic mass is 32.1. The normalized spacial score (nSPS) is 15.2. The summed E-state index contributed by atoms with van der Waals surface area (Å²) in [7, 11) is 1.61. The molecule has 0 aliphatic carbocycles. The van der Waals surface area contributed by atoms with Crippen LogP contribution < -0.4 is 14.5 Å². The molecule has 1 saturated heterocycles. The highest BCUT2D eigenvalue weighted by Gasteiger charge is 2.21. The van der Waals surface area contributed by atoms with Gasteiger partial charge in [0.2, 0.25) is 5.88 Å². The number of rotatable bonds is 3. The van der Waals surface area contributed by atoms with Crippen molar-refractivity contribution in [3.63, 3.8) is 0 Å². The number of ether oxygens (including phenoxy) is 1. The second kappa shape index (κ2) is 6.00. The van der Waals surface area contributed by atoms with E-state index in [1.165, 1.54) is 4.70 Å². The number of fused-ring (bicyclic) bond motifs is 1. The number of nitrogens with zero attached hydrogens (tertiary/aromatic N) is 5. The minimum Gasteiger partial charge on any atom is -0.480 e. The summed E-state index contributed by atoms with van der Waals surface area (Å²) in [5.74, 6) is 1.42. The molecule has 3 heterocycles. The Balaban J connectivity index is 1.48. The van der Waals surface area contributed by atoms with E-state index in [-0.39, 0.29) is 0 Å². The fraction of sp³-hybridized carbons (Fsp3) is 0.312. The minimum absolute atomic E-state index is 0.552. The van der Waals surface area contributed by atoms with Crippen molar-refractivity contribution in [2.24, 2.45) is 0 Å². The number of hydrogen-bond donors (Lipinski definition) is 0. The fourth-order valence-corrected chi connectivity index (χ4v) is 3.73. The van der Waals surface area contributed by atoms with Crippen LogP contribution in [0.3, 0.4) is 0 Å². The van der Waals surface area contributed by atoms with E-state index in [0.29, 0.717) is 5.88 Å². The predicted molar refractivity (Wildman–Crippen MR) is 92.6 cm³/mol. The van der Waals surface area contributed by atoms with E-state index in [0.717, 1.165) is 42.6 Å². The van der Waals surface area contributed by atoms with Gasteiger partial charge in [-0.15, -0.1) is 0 Å². The fourth-order valence-electron chi connectivity index (χ4n) is 2.71. The van der Waals surface area contributed by atoms with Gasteiger partial charge in [-0.05, 0) is 12.1 Å². The van der Waals surface area contributed by atoms with Crippen LogP contribution >= 0.6 is 11.3 Å². The third-order valence-corrected chi connectivity index (χ3v) is 5.06. The lowest BCUT2D eigenvalue weighted by Crippen LogP contribution is -2.46. The van der Waals surface area contributed by atoms with Crippen LogP contribution in [0.2, 0.25) is 0 Å². The minimum atomic E-state index is 0.552. The smallest absolute Gasteiger partial charge is 0.233 e. The Hall–Kier alpha value is -2.41. The molecule has 0 spiro atoms. The van der Waals surface area contributed by atoms with Gasteiger partial charge in [-0.3, -0.25) is 4.98 Å². The summed E-state index contributed by atoms with van der Waals surface area (Å²) < 4.78 is 6.39. The molecule has 0 radical (unpaired) electrons. The summed E-state index contributed by atoms with van der Waals surface area (Å²) in [6, 6.07) is 8.28. The first-order chi connectivity index (χ1) is 11.3. The molecule has 0 bridgehead atoms. The molecule has 0 amide bonds. The number of aromatic nitrogens is 3. The highest BCUT2D eigenvalue weighted by molar-refractivity contribution is 7.22. The largest absolute Gasteiger partial charge is 0.480 e. The Labute approximate surface area is 138 Å². The summed E-state index contributed by atoms with van der Waals surface area (Å²) >= 11 is 1.76. The SMILES string of the molecule is COc1cncc(N2CCN(c3nc4ccccc4s3)CC2)n1. The molecule has 23 heavy (non-hydrogen) atoms. The van der Waals surface area contributed by atoms with E-state index in [9.17, 15) is 0 Å². The summed E-state index contributed by atoms with van der Waals surface area (Å²) in [5, 5.41) is 1.10. The lowest BCUT2D eigenvalue weighted by molar-refractivity contribution is 0.395. The molecule has 0 atom stereocenters. The van der Waals surface area contributed by atoms with E-state index in [4.69, 9.17) is 9.72 Å². The molecule has 1 aliphatic rings. The maximum absolute atomic E-state index is 5.15. The number of anilines is 2. The molecule has 7 heteroatoms. The van der Waals surface area contributed by atoms with Crippen molar-refractivity contribution in [2.45, 2.75) is 0 Å². The van der Waals surface area contributed by atoms with Gasteiger partial charge in [0.1, 0.15) is 0 Å². The van der Waals surface area contributed by atoms with Crippen molar-refractivity contribution < 1.29 is 4.74 Å². The lowest BCUT2D eigenvalue weighted by Gasteiger charge is -2.35. The number of thiazole rings is 1. The van der Waals surface area contributed by atoms with Gasteiger partial charge in [0.25, 0.3) is 0 Å². The second-order valence-electron chi connectivity index (χ2n) is 5.36. The maximum atomic E-state index is 5.15. The third kappa shape index (κ3) is 2.79. The van der Waals surface area contributed by atoms with Crippen molar-refractivity contribution in [1.82, 2.24) is 15.0 Å². The summed E-state index contributed by atoms with van der Waals surface area (Å²) in [6.07, 6.45) is 3.41. The van der Waals surface area contributed by atoms with Gasteiger partial charge >= 0.3 is 0 Å². The first-order valence-electron chi connectivity index (χ1n) is 7.55. The predicted octanol–water partition coefficient (Wildman–Crippen LogP) is 2.42. The van der Waals surface area contributed by atoms with Crippen molar-refractivity contribution in [3.8, 4) is 5.88 Å². The van der Waals surface area contributed by atoms with Crippen molar-refractivity contribution >= 4 is 32.5 Å². The van der Waals surface area contributed by atoms with Crippen molar-refractivity contribution in [3.05, 3.63) is 36.7 Å². The van der Waals surface area contributed by atoms with E-state index in [2.05, 4.69) is 38.0 Å². The molecule has 0 N–H and O–H groups in total. The van der Waals surface area contributed by atoms with E-state index in [1.807, 2.05) is 6.07 Å². The van der Waals surface area contributed by atoms with E-state index < -0.39 is 0 Å². The van der Waals surface area contributed by atoms with Crippen LogP contribution in [-0.2, 0) is 0 Å². The van der Waals surface area contributed by atoms with Crippen LogP contribution in [0.15, 0.2) is 36.7 Å². The molecule has 6 nitrogen and oxygen atoms in total. The zero-order valence-corrected chi connectivity index (χ0v) is 13.7. The van der Waals surface area contributed by atoms with Crippen LogP contribution in [0.4, 0.5) is 10.9 Å². The van der Waals surface area contributed by atoms with Crippen molar-refractivity contribution in [2.75, 3.05) is 43.1 Å². The molecule has 4 rings (SSSR count). The van der Waals surface area contributed by atoms with Gasteiger partial charge in [-0.2, -0.15) is 4.98 Å². The number of benzene rings is 1. The van der Waals surface area contributed by atoms with E-state index >= 15 is 0 Å². The Morgan fingerprint density at radius 2 is 1.78 bits per heavy atom. The van der Waals surface area contributed by atoms with Crippen LogP contribution in [0.5, 0.6) is 5.88 Å². The maximum Gasteiger partial charge on any atom is 0.233 e. The Bertz CT molecular complexity index is 780. The molecule has 1 aliphatic heterocycles. The average molecular weight is 327 g/mol. The number of hydrogen-bond acceptors (Lipinski definition) is 7. The van der Waals surface area contributed by atoms with Crippen LogP contribution in [0, 0.1) is 0 Å². The zero-order chi connectivity index (χ0) is 15.6. The van der Waals surface area contributed by atoms with Gasteiger partial charge in [-0.1, -0.05) is 23.5 Å². The quantitative estimate of drug-likeness (QED) is 0.736. The van der Waals surface area contributed by atoms with E-state index in [1.54, 1.807) is 30.8 Å². The molecule has 3 aromatic rings. The Morgan fingerprint density at radius 1 is 1.00 bits per heavy atom. The van der Waals surface area contributed by atoms with Crippen LogP contribution in [0.25, 0.3) is 10.2 Å². The Morgan fingerprint density at radius 3 is 2.57 bits per heavy atom. The van der Waals surface area contributed by atoms with Gasteiger partial charge in [0, 0.05) is 26.2 Å². The van der Waals surface area contributed by atoms with Gasteiger partial charge in [-0.25, -0.2) is 4.98 Å². The molecular weight excluding hydrogens is 310 g/mol.